The average molecular weight is 703 g/mol. The highest BCUT2D eigenvalue weighted by Crippen LogP contribution is 2.33. The lowest BCUT2D eigenvalue weighted by Crippen LogP contribution is -2.41. The molecule has 1 heterocycles. The first-order chi connectivity index (χ1) is 16.3. The zero-order valence-electron chi connectivity index (χ0n) is 18.5. The van der Waals surface area contributed by atoms with Gasteiger partial charge in [-0.25, -0.2) is 0 Å². The van der Waals surface area contributed by atoms with Crippen LogP contribution in [0.3, 0.4) is 0 Å². The number of hydrogen-bond donors (Lipinski definition) is 0. The lowest BCUT2D eigenvalue weighted by molar-refractivity contribution is -0.384. The molecule has 2 aromatic carbocycles. The van der Waals surface area contributed by atoms with E-state index in [-0.39, 0.29) is 24.2 Å². The molecule has 10 heteroatoms. The number of amides is 1. The maximum absolute atomic E-state index is 13.3. The van der Waals surface area contributed by atoms with Crippen molar-refractivity contribution in [2.24, 2.45) is 0 Å². The molecule has 1 saturated carbocycles. The topological polar surface area (TPSA) is 75.9 Å². The second kappa shape index (κ2) is 10.9. The van der Waals surface area contributed by atoms with Crippen molar-refractivity contribution in [1.82, 2.24) is 9.80 Å². The number of carbonyl (C=O) groups excluding carboxylic acids is 1. The van der Waals surface area contributed by atoms with Crippen molar-refractivity contribution in [3.8, 4) is 5.75 Å². The molecule has 0 aromatic heterocycles. The molecule has 2 aliphatic rings. The molecule has 178 valence electrons. The van der Waals surface area contributed by atoms with Crippen LogP contribution in [-0.4, -0.2) is 38.8 Å². The Hall–Kier alpha value is -1.80. The van der Waals surface area contributed by atoms with Crippen molar-refractivity contribution < 1.29 is 14.5 Å². The van der Waals surface area contributed by atoms with Crippen LogP contribution in [0.25, 0.3) is 6.08 Å². The Morgan fingerprint density at radius 3 is 2.50 bits per heavy atom. The maximum atomic E-state index is 13.3. The Morgan fingerprint density at radius 1 is 1.18 bits per heavy atom. The second-order valence-electron chi connectivity index (χ2n) is 8.37. The number of hydrogen-bond acceptors (Lipinski definition) is 5. The minimum absolute atomic E-state index is 0.0320. The molecular weight excluding hydrogens is 680 g/mol. The molecule has 2 fully saturated rings. The number of nitro benzene ring substituents is 1. The number of rotatable bonds is 6. The SMILES string of the molecule is CN1C(=S)N(C2CCCCC2)C(=O)/C1=C/c1cc(I)c(OCc2cccc([N+](=O)[O-])c2)c(I)c1. The van der Waals surface area contributed by atoms with E-state index in [0.29, 0.717) is 16.6 Å². The number of nitrogens with zero attached hydrogens (tertiary/aromatic N) is 3. The highest BCUT2D eigenvalue weighted by molar-refractivity contribution is 14.1. The van der Waals surface area contributed by atoms with Gasteiger partial charge in [0.1, 0.15) is 18.1 Å². The summed E-state index contributed by atoms with van der Waals surface area (Å²) < 4.78 is 7.79. The Kier molecular flexibility index (Phi) is 8.08. The van der Waals surface area contributed by atoms with E-state index in [2.05, 4.69) is 45.2 Å². The fourth-order valence-electron chi connectivity index (χ4n) is 4.31. The second-order valence-corrected chi connectivity index (χ2v) is 11.1. The van der Waals surface area contributed by atoms with Crippen LogP contribution in [0, 0.1) is 17.3 Å². The van der Waals surface area contributed by atoms with E-state index < -0.39 is 4.92 Å². The largest absolute Gasteiger partial charge is 0.487 e. The highest BCUT2D eigenvalue weighted by atomic mass is 127. The van der Waals surface area contributed by atoms with E-state index in [4.69, 9.17) is 17.0 Å². The molecule has 1 amide bonds. The van der Waals surface area contributed by atoms with Crippen LogP contribution in [0.2, 0.25) is 0 Å². The Bertz CT molecular complexity index is 1160. The minimum Gasteiger partial charge on any atom is -0.487 e. The van der Waals surface area contributed by atoms with Gasteiger partial charge in [0, 0.05) is 25.2 Å². The first-order valence-corrected chi connectivity index (χ1v) is 13.5. The van der Waals surface area contributed by atoms with Gasteiger partial charge in [-0.05, 0) is 99.6 Å². The molecule has 4 rings (SSSR count). The van der Waals surface area contributed by atoms with E-state index in [1.54, 1.807) is 21.9 Å². The van der Waals surface area contributed by atoms with E-state index in [0.717, 1.165) is 44.0 Å². The van der Waals surface area contributed by atoms with Gasteiger partial charge in [0.05, 0.1) is 12.1 Å². The predicted octanol–water partition coefficient (Wildman–Crippen LogP) is 6.12. The minimum atomic E-state index is -0.415. The van der Waals surface area contributed by atoms with Crippen LogP contribution in [0.1, 0.15) is 43.2 Å². The van der Waals surface area contributed by atoms with Gasteiger partial charge >= 0.3 is 0 Å². The van der Waals surface area contributed by atoms with Crippen LogP contribution in [0.15, 0.2) is 42.1 Å². The summed E-state index contributed by atoms with van der Waals surface area (Å²) in [5.41, 5.74) is 2.23. The van der Waals surface area contributed by atoms with E-state index >= 15 is 0 Å². The van der Waals surface area contributed by atoms with E-state index in [1.807, 2.05) is 25.3 Å². The third-order valence-corrected chi connectivity index (χ3v) is 8.13. The molecule has 1 saturated heterocycles. The summed E-state index contributed by atoms with van der Waals surface area (Å²) in [4.78, 5) is 27.5. The van der Waals surface area contributed by atoms with Crippen molar-refractivity contribution in [1.29, 1.82) is 0 Å². The number of halogens is 2. The maximum Gasteiger partial charge on any atom is 0.277 e. The Balaban J connectivity index is 1.53. The molecule has 0 N–H and O–H groups in total. The summed E-state index contributed by atoms with van der Waals surface area (Å²) in [6, 6.07) is 10.5. The summed E-state index contributed by atoms with van der Waals surface area (Å²) in [5, 5.41) is 11.6. The zero-order valence-corrected chi connectivity index (χ0v) is 23.6. The van der Waals surface area contributed by atoms with Crippen LogP contribution in [0.5, 0.6) is 5.75 Å². The fraction of sp³-hybridized carbons (Fsp3) is 0.333. The van der Waals surface area contributed by atoms with Crippen molar-refractivity contribution in [2.75, 3.05) is 7.05 Å². The van der Waals surface area contributed by atoms with Crippen molar-refractivity contribution in [2.45, 2.75) is 44.8 Å². The normalized spacial score (nSPS) is 18.1. The Morgan fingerprint density at radius 2 is 1.85 bits per heavy atom. The van der Waals surface area contributed by atoms with Gasteiger partial charge in [-0.3, -0.25) is 19.8 Å². The van der Waals surface area contributed by atoms with Crippen LogP contribution in [-0.2, 0) is 11.4 Å². The summed E-state index contributed by atoms with van der Waals surface area (Å²) >= 11 is 10.0. The highest BCUT2D eigenvalue weighted by Gasteiger charge is 2.40. The van der Waals surface area contributed by atoms with Gasteiger partial charge in [-0.1, -0.05) is 31.4 Å². The van der Waals surface area contributed by atoms with Gasteiger partial charge in [-0.2, -0.15) is 0 Å². The van der Waals surface area contributed by atoms with Crippen LogP contribution < -0.4 is 4.74 Å². The summed E-state index contributed by atoms with van der Waals surface area (Å²) in [6.45, 7) is 0.222. The summed E-state index contributed by atoms with van der Waals surface area (Å²) in [5.74, 6) is 0.677. The number of thiocarbonyl (C=S) groups is 1. The molecule has 34 heavy (non-hydrogen) atoms. The van der Waals surface area contributed by atoms with Crippen LogP contribution in [0.4, 0.5) is 5.69 Å². The monoisotopic (exact) mass is 703 g/mol. The van der Waals surface area contributed by atoms with Gasteiger partial charge in [0.25, 0.3) is 11.6 Å². The zero-order chi connectivity index (χ0) is 24.4. The number of carbonyl (C=O) groups is 1. The van der Waals surface area contributed by atoms with Crippen molar-refractivity contribution >= 4 is 80.2 Å². The first-order valence-electron chi connectivity index (χ1n) is 10.9. The predicted molar refractivity (Wildman–Crippen MR) is 151 cm³/mol. The molecule has 2 aromatic rings. The lowest BCUT2D eigenvalue weighted by Gasteiger charge is -2.30. The van der Waals surface area contributed by atoms with E-state index in [1.165, 1.54) is 18.6 Å². The fourth-order valence-corrected chi connectivity index (χ4v) is 6.77. The van der Waals surface area contributed by atoms with Gasteiger partial charge in [-0.15, -0.1) is 0 Å². The molecule has 1 aliphatic carbocycles. The molecule has 7 nitrogen and oxygen atoms in total. The number of likely N-dealkylation sites (N-methyl/N-ethyl adjacent to an activating group) is 1. The van der Waals surface area contributed by atoms with Crippen LogP contribution >= 0.6 is 57.4 Å². The lowest BCUT2D eigenvalue weighted by atomic mass is 9.94. The molecular formula is C24H23I2N3O4S. The van der Waals surface area contributed by atoms with Gasteiger partial charge in [0.15, 0.2) is 5.11 Å². The molecule has 0 unspecified atom stereocenters. The average Bonchev–Trinajstić information content (AvgIpc) is 3.02. The van der Waals surface area contributed by atoms with Gasteiger partial charge in [0.2, 0.25) is 0 Å². The number of benzene rings is 2. The van der Waals surface area contributed by atoms with E-state index in [9.17, 15) is 14.9 Å². The third kappa shape index (κ3) is 5.38. The Labute approximate surface area is 230 Å². The van der Waals surface area contributed by atoms with Crippen molar-refractivity contribution in [3.05, 3.63) is 70.5 Å². The van der Waals surface area contributed by atoms with Gasteiger partial charge < -0.3 is 9.64 Å². The quantitative estimate of drug-likeness (QED) is 0.119. The summed E-state index contributed by atoms with van der Waals surface area (Å²) in [7, 11) is 1.85. The first kappa shape index (κ1) is 25.3. The number of non-ortho nitro benzene ring substituents is 1. The molecule has 1 aliphatic heterocycles. The molecule has 0 bridgehead atoms. The number of nitro groups is 1. The molecule has 0 atom stereocenters. The smallest absolute Gasteiger partial charge is 0.277 e. The van der Waals surface area contributed by atoms with Crippen molar-refractivity contribution in [3.63, 3.8) is 0 Å². The molecule has 0 spiro atoms. The third-order valence-electron chi connectivity index (χ3n) is 6.06. The summed E-state index contributed by atoms with van der Waals surface area (Å²) in [6.07, 6.45) is 7.36. The number of ether oxygens (including phenoxy) is 1. The standard InChI is InChI=1S/C24H23I2N3O4S/c1-27-21(23(30)28(24(27)34)17-7-3-2-4-8-17)13-16-11-19(25)22(20(26)12-16)33-14-15-6-5-9-18(10-15)29(31)32/h5-6,9-13,17H,2-4,7-8,14H2,1H3/b21-13-. The molecule has 0 radical (unpaired) electrons.